The molecule has 0 saturated carbocycles. The molecule has 0 aliphatic carbocycles. The van der Waals surface area contributed by atoms with Crippen LogP contribution in [0.2, 0.25) is 0 Å². The molecule has 0 radical (unpaired) electrons. The van der Waals surface area contributed by atoms with Crippen molar-refractivity contribution in [1.82, 2.24) is 9.55 Å². The van der Waals surface area contributed by atoms with Crippen LogP contribution in [0.5, 0.6) is 0 Å². The minimum Gasteiger partial charge on any atom is -0.455 e. The Balaban J connectivity index is 1.40. The zero-order chi connectivity index (χ0) is 32.2. The molecular formula is C44H38N2O. The summed E-state index contributed by atoms with van der Waals surface area (Å²) in [6.45, 7) is 11.4. The van der Waals surface area contributed by atoms with Crippen molar-refractivity contribution >= 4 is 33.0 Å². The average molecular weight is 611 g/mol. The molecule has 2 heterocycles. The highest BCUT2D eigenvalue weighted by Crippen LogP contribution is 2.43. The zero-order valence-corrected chi connectivity index (χ0v) is 27.6. The lowest BCUT2D eigenvalue weighted by Gasteiger charge is -2.25. The molecule has 47 heavy (non-hydrogen) atoms. The van der Waals surface area contributed by atoms with Crippen LogP contribution in [0.4, 0.5) is 0 Å². The summed E-state index contributed by atoms with van der Waals surface area (Å²) in [6, 6.07) is 45.5. The Morgan fingerprint density at radius 2 is 1.17 bits per heavy atom. The molecule has 6 aromatic carbocycles. The Labute approximate surface area is 276 Å². The number of rotatable bonds is 6. The van der Waals surface area contributed by atoms with Crippen LogP contribution in [0.3, 0.4) is 0 Å². The molecule has 230 valence electrons. The molecule has 0 unspecified atom stereocenters. The van der Waals surface area contributed by atoms with Gasteiger partial charge >= 0.3 is 0 Å². The van der Waals surface area contributed by atoms with Gasteiger partial charge in [-0.3, -0.25) is 4.57 Å². The van der Waals surface area contributed by atoms with E-state index < -0.39 is 0 Å². The van der Waals surface area contributed by atoms with E-state index in [0.717, 1.165) is 44.4 Å². The number of imidazole rings is 1. The van der Waals surface area contributed by atoms with E-state index in [4.69, 9.17) is 9.40 Å². The number of aryl methyl sites for hydroxylation is 1. The predicted octanol–water partition coefficient (Wildman–Crippen LogP) is 12.5. The summed E-state index contributed by atoms with van der Waals surface area (Å²) in [5.41, 5.74) is 14.8. The lowest BCUT2D eigenvalue weighted by molar-refractivity contribution is 0.669. The standard InChI is InChI=1S/C44H38N2O/c1-27(2)37-25-33(32-23-21-31(22-24-32)30-14-7-6-8-15-30)26-38(28(3)4)42(37)46-41-29(5)13-11-19-39(41)45-44(46)36-18-12-17-35-34-16-9-10-20-40(34)47-43(35)36/h6-28H,1-5H3. The Hall–Kier alpha value is -5.41. The maximum Gasteiger partial charge on any atom is 0.149 e. The van der Waals surface area contributed by atoms with Crippen LogP contribution in [0, 0.1) is 6.92 Å². The molecule has 3 nitrogen and oxygen atoms in total. The minimum atomic E-state index is 0.280. The van der Waals surface area contributed by atoms with Gasteiger partial charge in [0.1, 0.15) is 17.0 Å². The third-order valence-electron chi connectivity index (χ3n) is 9.49. The normalized spacial score (nSPS) is 11.9. The van der Waals surface area contributed by atoms with Crippen molar-refractivity contribution in [2.75, 3.05) is 0 Å². The summed E-state index contributed by atoms with van der Waals surface area (Å²) >= 11 is 0. The largest absolute Gasteiger partial charge is 0.455 e. The van der Waals surface area contributed by atoms with Gasteiger partial charge in [0.2, 0.25) is 0 Å². The number of aromatic nitrogens is 2. The first-order chi connectivity index (χ1) is 22.9. The fraction of sp³-hybridized carbons (Fsp3) is 0.159. The molecule has 8 rings (SSSR count). The maximum atomic E-state index is 6.58. The van der Waals surface area contributed by atoms with Crippen molar-refractivity contribution in [2.45, 2.75) is 46.5 Å². The third-order valence-corrected chi connectivity index (χ3v) is 9.49. The van der Waals surface area contributed by atoms with Crippen LogP contribution in [0.15, 0.2) is 132 Å². The molecule has 0 atom stereocenters. The van der Waals surface area contributed by atoms with Crippen molar-refractivity contribution in [2.24, 2.45) is 0 Å². The van der Waals surface area contributed by atoms with Crippen LogP contribution in [-0.4, -0.2) is 9.55 Å². The van der Waals surface area contributed by atoms with Gasteiger partial charge in [-0.2, -0.15) is 0 Å². The summed E-state index contributed by atoms with van der Waals surface area (Å²) in [7, 11) is 0. The van der Waals surface area contributed by atoms with E-state index in [1.54, 1.807) is 0 Å². The van der Waals surface area contributed by atoms with Gasteiger partial charge < -0.3 is 4.42 Å². The Bertz CT molecular complexity index is 2380. The molecule has 0 N–H and O–H groups in total. The molecule has 0 aliphatic heterocycles. The quantitative estimate of drug-likeness (QED) is 0.187. The maximum absolute atomic E-state index is 6.58. The monoisotopic (exact) mass is 610 g/mol. The molecule has 8 aromatic rings. The minimum absolute atomic E-state index is 0.280. The van der Waals surface area contributed by atoms with Crippen LogP contribution in [0.1, 0.15) is 56.2 Å². The first kappa shape index (κ1) is 29.0. The topological polar surface area (TPSA) is 31.0 Å². The molecular weight excluding hydrogens is 572 g/mol. The molecule has 2 aromatic heterocycles. The lowest BCUT2D eigenvalue weighted by Crippen LogP contribution is -2.10. The second-order valence-electron chi connectivity index (χ2n) is 13.3. The van der Waals surface area contributed by atoms with Gasteiger partial charge in [0, 0.05) is 10.8 Å². The number of para-hydroxylation sites is 3. The summed E-state index contributed by atoms with van der Waals surface area (Å²) < 4.78 is 9.01. The fourth-order valence-electron chi connectivity index (χ4n) is 7.09. The number of nitrogens with zero attached hydrogens (tertiary/aromatic N) is 2. The molecule has 0 aliphatic rings. The van der Waals surface area contributed by atoms with Crippen molar-refractivity contribution in [3.05, 3.63) is 144 Å². The SMILES string of the molecule is Cc1cccc2nc(-c3cccc4c3oc3ccccc34)n(-c3c(C(C)C)cc(-c4ccc(-c5ccccc5)cc4)cc3C(C)C)c12. The zero-order valence-electron chi connectivity index (χ0n) is 27.6. The van der Waals surface area contributed by atoms with Gasteiger partial charge in [0.05, 0.1) is 22.3 Å². The van der Waals surface area contributed by atoms with Crippen LogP contribution in [0.25, 0.3) is 72.3 Å². The van der Waals surface area contributed by atoms with Gasteiger partial charge in [0.25, 0.3) is 0 Å². The van der Waals surface area contributed by atoms with E-state index in [1.165, 1.54) is 44.6 Å². The van der Waals surface area contributed by atoms with E-state index in [1.807, 2.05) is 12.1 Å². The molecule has 3 heteroatoms. The number of furan rings is 1. The third kappa shape index (κ3) is 4.85. The summed E-state index contributed by atoms with van der Waals surface area (Å²) in [5, 5.41) is 2.23. The number of hydrogen-bond acceptors (Lipinski definition) is 2. The highest BCUT2D eigenvalue weighted by molar-refractivity contribution is 6.09. The van der Waals surface area contributed by atoms with E-state index in [-0.39, 0.29) is 11.8 Å². The van der Waals surface area contributed by atoms with E-state index in [9.17, 15) is 0 Å². The highest BCUT2D eigenvalue weighted by Gasteiger charge is 2.26. The lowest BCUT2D eigenvalue weighted by atomic mass is 9.87. The molecule has 0 spiro atoms. The van der Waals surface area contributed by atoms with E-state index in [0.29, 0.717) is 0 Å². The first-order valence-electron chi connectivity index (χ1n) is 16.6. The Morgan fingerprint density at radius 3 is 1.87 bits per heavy atom. The van der Waals surface area contributed by atoms with Gasteiger partial charge in [-0.25, -0.2) is 4.98 Å². The van der Waals surface area contributed by atoms with Gasteiger partial charge in [-0.15, -0.1) is 0 Å². The van der Waals surface area contributed by atoms with Gasteiger partial charge in [-0.05, 0) is 88.0 Å². The smallest absolute Gasteiger partial charge is 0.149 e. The number of benzene rings is 6. The molecule has 0 bridgehead atoms. The van der Waals surface area contributed by atoms with Crippen molar-refractivity contribution in [3.63, 3.8) is 0 Å². The Kier molecular flexibility index (Phi) is 7.06. The van der Waals surface area contributed by atoms with Crippen molar-refractivity contribution in [3.8, 4) is 39.3 Å². The number of hydrogen-bond donors (Lipinski definition) is 0. The molecule has 0 fully saturated rings. The van der Waals surface area contributed by atoms with Crippen LogP contribution < -0.4 is 0 Å². The van der Waals surface area contributed by atoms with E-state index in [2.05, 4.69) is 154 Å². The molecule has 0 amide bonds. The molecule has 0 saturated heterocycles. The Morgan fingerprint density at radius 1 is 0.574 bits per heavy atom. The second-order valence-corrected chi connectivity index (χ2v) is 13.3. The van der Waals surface area contributed by atoms with Crippen molar-refractivity contribution in [1.29, 1.82) is 0 Å². The summed E-state index contributed by atoms with van der Waals surface area (Å²) in [4.78, 5) is 5.36. The highest BCUT2D eigenvalue weighted by atomic mass is 16.3. The first-order valence-corrected chi connectivity index (χ1v) is 16.6. The average Bonchev–Trinajstić information content (AvgIpc) is 3.68. The predicted molar refractivity (Wildman–Crippen MR) is 198 cm³/mol. The van der Waals surface area contributed by atoms with Crippen LogP contribution >= 0.6 is 0 Å². The van der Waals surface area contributed by atoms with E-state index >= 15 is 0 Å². The van der Waals surface area contributed by atoms with Crippen molar-refractivity contribution < 1.29 is 4.42 Å². The van der Waals surface area contributed by atoms with Gasteiger partial charge in [-0.1, -0.05) is 125 Å². The van der Waals surface area contributed by atoms with Crippen LogP contribution in [-0.2, 0) is 0 Å². The van der Waals surface area contributed by atoms with Gasteiger partial charge in [0.15, 0.2) is 0 Å². The summed E-state index contributed by atoms with van der Waals surface area (Å²) in [5.74, 6) is 1.47. The number of fused-ring (bicyclic) bond motifs is 4. The fourth-order valence-corrected chi connectivity index (χ4v) is 7.09. The second kappa shape index (κ2) is 11.4. The summed E-state index contributed by atoms with van der Waals surface area (Å²) in [6.07, 6.45) is 0.